The zero-order valence-corrected chi connectivity index (χ0v) is 9.40. The molecule has 0 atom stereocenters. The quantitative estimate of drug-likeness (QED) is 0.883. The van der Waals surface area contributed by atoms with Crippen LogP contribution in [-0.2, 0) is 17.4 Å². The highest BCUT2D eigenvalue weighted by Gasteiger charge is 2.29. The van der Waals surface area contributed by atoms with Crippen LogP contribution in [0.25, 0.3) is 0 Å². The Kier molecular flexibility index (Phi) is 3.45. The SMILES string of the molecule is O=C(Cc1nn[nH]n1)Nc1ccc(C(F)(F)F)cc1. The van der Waals surface area contributed by atoms with Crippen LogP contribution < -0.4 is 5.32 Å². The van der Waals surface area contributed by atoms with Crippen molar-refractivity contribution in [2.45, 2.75) is 12.6 Å². The summed E-state index contributed by atoms with van der Waals surface area (Å²) < 4.78 is 37.0. The number of amides is 1. The second-order valence-electron chi connectivity index (χ2n) is 3.63. The van der Waals surface area contributed by atoms with E-state index < -0.39 is 17.6 Å². The fraction of sp³-hybridized carbons (Fsp3) is 0.200. The van der Waals surface area contributed by atoms with Crippen LogP contribution >= 0.6 is 0 Å². The van der Waals surface area contributed by atoms with Crippen molar-refractivity contribution in [2.75, 3.05) is 5.32 Å². The van der Waals surface area contributed by atoms with Crippen molar-refractivity contribution < 1.29 is 18.0 Å². The van der Waals surface area contributed by atoms with Crippen molar-refractivity contribution in [2.24, 2.45) is 0 Å². The van der Waals surface area contributed by atoms with Crippen molar-refractivity contribution in [3.63, 3.8) is 0 Å². The molecule has 0 fully saturated rings. The summed E-state index contributed by atoms with van der Waals surface area (Å²) in [5.74, 6) is -0.245. The zero-order valence-electron chi connectivity index (χ0n) is 9.40. The van der Waals surface area contributed by atoms with Crippen LogP contribution in [0.15, 0.2) is 24.3 Å². The van der Waals surface area contributed by atoms with Gasteiger partial charge in [-0.25, -0.2) is 0 Å². The number of nitrogens with zero attached hydrogens (tertiary/aromatic N) is 3. The number of anilines is 1. The molecule has 2 aromatic rings. The van der Waals surface area contributed by atoms with E-state index in [1.807, 2.05) is 0 Å². The van der Waals surface area contributed by atoms with Crippen molar-refractivity contribution in [3.8, 4) is 0 Å². The molecule has 0 unspecified atom stereocenters. The summed E-state index contributed by atoms with van der Waals surface area (Å²) in [6, 6.07) is 4.14. The van der Waals surface area contributed by atoms with Crippen LogP contribution in [-0.4, -0.2) is 26.5 Å². The molecule has 1 aromatic heterocycles. The standard InChI is InChI=1S/C10H8F3N5O/c11-10(12,13)6-1-3-7(4-2-6)14-9(19)5-8-15-17-18-16-8/h1-4H,5H2,(H,14,19)(H,15,16,17,18). The number of H-pyrrole nitrogens is 1. The lowest BCUT2D eigenvalue weighted by molar-refractivity contribution is -0.137. The lowest BCUT2D eigenvalue weighted by Gasteiger charge is -2.08. The Labute approximate surface area is 105 Å². The maximum absolute atomic E-state index is 12.3. The molecular formula is C10H8F3N5O. The normalized spacial score (nSPS) is 11.3. The molecule has 1 amide bonds. The fourth-order valence-corrected chi connectivity index (χ4v) is 1.35. The number of alkyl halides is 3. The third-order valence-corrected chi connectivity index (χ3v) is 2.20. The Morgan fingerprint density at radius 1 is 1.26 bits per heavy atom. The van der Waals surface area contributed by atoms with Gasteiger partial charge in [-0.2, -0.15) is 18.4 Å². The second kappa shape index (κ2) is 5.04. The summed E-state index contributed by atoms with van der Waals surface area (Å²) in [4.78, 5) is 11.5. The maximum atomic E-state index is 12.3. The molecule has 0 bridgehead atoms. The summed E-state index contributed by atoms with van der Waals surface area (Å²) in [6.45, 7) is 0. The van der Waals surface area contributed by atoms with E-state index in [4.69, 9.17) is 0 Å². The van der Waals surface area contributed by atoms with Gasteiger partial charge in [-0.3, -0.25) is 4.79 Å². The first-order chi connectivity index (χ1) is 8.95. The number of benzene rings is 1. The van der Waals surface area contributed by atoms with Gasteiger partial charge in [-0.05, 0) is 24.3 Å². The molecule has 0 radical (unpaired) electrons. The molecule has 0 aliphatic rings. The van der Waals surface area contributed by atoms with E-state index in [-0.39, 0.29) is 17.9 Å². The molecule has 100 valence electrons. The van der Waals surface area contributed by atoms with Gasteiger partial charge in [0.15, 0.2) is 5.82 Å². The van der Waals surface area contributed by atoms with Gasteiger partial charge in [0.1, 0.15) is 0 Å². The van der Waals surface area contributed by atoms with Crippen molar-refractivity contribution >= 4 is 11.6 Å². The first-order valence-electron chi connectivity index (χ1n) is 5.14. The van der Waals surface area contributed by atoms with Crippen molar-refractivity contribution in [1.82, 2.24) is 20.6 Å². The molecule has 0 aliphatic carbocycles. The lowest BCUT2D eigenvalue weighted by Crippen LogP contribution is -2.15. The van der Waals surface area contributed by atoms with Crippen LogP contribution in [0.5, 0.6) is 0 Å². The zero-order chi connectivity index (χ0) is 13.9. The Morgan fingerprint density at radius 2 is 1.95 bits per heavy atom. The molecule has 0 aliphatic heterocycles. The van der Waals surface area contributed by atoms with Crippen LogP contribution in [0.1, 0.15) is 11.4 Å². The number of tetrazole rings is 1. The van der Waals surface area contributed by atoms with E-state index in [2.05, 4.69) is 25.9 Å². The van der Waals surface area contributed by atoms with Gasteiger partial charge in [0.25, 0.3) is 0 Å². The largest absolute Gasteiger partial charge is 0.416 e. The number of aromatic nitrogens is 4. The van der Waals surface area contributed by atoms with Gasteiger partial charge < -0.3 is 5.32 Å². The molecule has 0 saturated heterocycles. The summed E-state index contributed by atoms with van der Waals surface area (Å²) in [6.07, 6.45) is -4.51. The molecule has 9 heteroatoms. The van der Waals surface area contributed by atoms with Gasteiger partial charge in [-0.1, -0.05) is 5.21 Å². The predicted octanol–water partition coefficient (Wildman–Crippen LogP) is 1.40. The van der Waals surface area contributed by atoms with Crippen LogP contribution in [0.4, 0.5) is 18.9 Å². The van der Waals surface area contributed by atoms with Gasteiger partial charge in [-0.15, -0.1) is 10.2 Å². The van der Waals surface area contributed by atoms with E-state index in [0.717, 1.165) is 12.1 Å². The number of hydrogen-bond donors (Lipinski definition) is 2. The van der Waals surface area contributed by atoms with Crippen LogP contribution in [0.3, 0.4) is 0 Å². The highest BCUT2D eigenvalue weighted by atomic mass is 19.4. The summed E-state index contributed by atoms with van der Waals surface area (Å²) in [5.41, 5.74) is -0.509. The van der Waals surface area contributed by atoms with Crippen LogP contribution in [0, 0.1) is 0 Å². The minimum Gasteiger partial charge on any atom is -0.326 e. The number of nitrogens with one attached hydrogen (secondary N) is 2. The number of aromatic amines is 1. The number of rotatable bonds is 3. The molecule has 1 aromatic carbocycles. The highest BCUT2D eigenvalue weighted by Crippen LogP contribution is 2.29. The molecule has 2 rings (SSSR count). The van der Waals surface area contributed by atoms with Crippen molar-refractivity contribution in [1.29, 1.82) is 0 Å². The minimum absolute atomic E-state index is 0.114. The average molecular weight is 271 g/mol. The molecule has 1 heterocycles. The Bertz CT molecular complexity index is 550. The number of halogens is 3. The Balaban J connectivity index is 1.98. The smallest absolute Gasteiger partial charge is 0.326 e. The molecule has 0 saturated carbocycles. The molecule has 2 N–H and O–H groups in total. The van der Waals surface area contributed by atoms with Crippen LogP contribution in [0.2, 0.25) is 0 Å². The molecule has 0 spiro atoms. The summed E-state index contributed by atoms with van der Waals surface area (Å²) >= 11 is 0. The first-order valence-corrected chi connectivity index (χ1v) is 5.14. The first kappa shape index (κ1) is 13.0. The molecular weight excluding hydrogens is 263 g/mol. The number of carbonyl (C=O) groups excluding carboxylic acids is 1. The topological polar surface area (TPSA) is 83.6 Å². The summed E-state index contributed by atoms with van der Waals surface area (Å²) in [5, 5.41) is 15.1. The molecule has 6 nitrogen and oxygen atoms in total. The van der Waals surface area contributed by atoms with E-state index in [1.165, 1.54) is 12.1 Å². The Morgan fingerprint density at radius 3 is 2.47 bits per heavy atom. The van der Waals surface area contributed by atoms with Gasteiger partial charge in [0.05, 0.1) is 12.0 Å². The van der Waals surface area contributed by atoms with E-state index in [0.29, 0.717) is 0 Å². The number of carbonyl (C=O) groups is 1. The van der Waals surface area contributed by atoms with Crippen molar-refractivity contribution in [3.05, 3.63) is 35.7 Å². The monoisotopic (exact) mass is 271 g/mol. The lowest BCUT2D eigenvalue weighted by atomic mass is 10.2. The predicted molar refractivity (Wildman–Crippen MR) is 58.0 cm³/mol. The minimum atomic E-state index is -4.40. The van der Waals surface area contributed by atoms with Gasteiger partial charge >= 0.3 is 6.18 Å². The Hall–Kier alpha value is -2.45. The van der Waals surface area contributed by atoms with E-state index >= 15 is 0 Å². The van der Waals surface area contributed by atoms with E-state index in [1.54, 1.807) is 0 Å². The third kappa shape index (κ3) is 3.50. The fourth-order valence-electron chi connectivity index (χ4n) is 1.35. The van der Waals surface area contributed by atoms with E-state index in [9.17, 15) is 18.0 Å². The second-order valence-corrected chi connectivity index (χ2v) is 3.63. The molecule has 19 heavy (non-hydrogen) atoms. The summed E-state index contributed by atoms with van der Waals surface area (Å²) in [7, 11) is 0. The number of hydrogen-bond acceptors (Lipinski definition) is 4. The van der Waals surface area contributed by atoms with Gasteiger partial charge in [0.2, 0.25) is 5.91 Å². The maximum Gasteiger partial charge on any atom is 0.416 e. The average Bonchev–Trinajstić information content (AvgIpc) is 2.81. The van der Waals surface area contributed by atoms with Gasteiger partial charge in [0, 0.05) is 5.69 Å². The highest BCUT2D eigenvalue weighted by molar-refractivity contribution is 5.91. The third-order valence-electron chi connectivity index (χ3n) is 2.20.